The molecule has 0 atom stereocenters. The van der Waals surface area contributed by atoms with Crippen LogP contribution in [0, 0.1) is 0 Å². The van der Waals surface area contributed by atoms with Gasteiger partial charge in [0, 0.05) is 55.9 Å². The zero-order valence-electron chi connectivity index (χ0n) is 29.9. The fraction of sp³-hybridized carbons (Fsp3) is 0. The molecular weight excluding hydrogens is 669 g/mol. The summed E-state index contributed by atoms with van der Waals surface area (Å²) in [6.45, 7) is 0. The summed E-state index contributed by atoms with van der Waals surface area (Å²) in [5, 5.41) is 7.12. The molecule has 11 aromatic rings. The van der Waals surface area contributed by atoms with Crippen LogP contribution in [-0.4, -0.2) is 4.57 Å². The van der Waals surface area contributed by atoms with Crippen molar-refractivity contribution in [2.45, 2.75) is 0 Å². The van der Waals surface area contributed by atoms with Gasteiger partial charge in [-0.1, -0.05) is 140 Å². The predicted octanol–water partition coefficient (Wildman–Crippen LogP) is 14.6. The molecule has 2 aromatic heterocycles. The van der Waals surface area contributed by atoms with Crippen molar-refractivity contribution in [2.24, 2.45) is 0 Å². The number of anilines is 3. The maximum atomic E-state index is 6.69. The second-order valence-electron chi connectivity index (χ2n) is 14.1. The van der Waals surface area contributed by atoms with Crippen molar-refractivity contribution in [1.82, 2.24) is 4.57 Å². The molecule has 0 N–H and O–H groups in total. The number of benzene rings is 9. The van der Waals surface area contributed by atoms with Crippen molar-refractivity contribution in [2.75, 3.05) is 4.90 Å². The van der Waals surface area contributed by atoms with Gasteiger partial charge in [-0.05, 0) is 88.1 Å². The van der Waals surface area contributed by atoms with Gasteiger partial charge in [0.1, 0.15) is 11.2 Å². The van der Waals surface area contributed by atoms with Crippen molar-refractivity contribution >= 4 is 71.6 Å². The molecule has 258 valence electrons. The normalized spacial score (nSPS) is 11.6. The molecule has 9 aromatic carbocycles. The number of rotatable bonds is 6. The number of nitrogens with zero attached hydrogens (tertiary/aromatic N) is 2. The minimum Gasteiger partial charge on any atom is -0.456 e. The summed E-state index contributed by atoms with van der Waals surface area (Å²) < 4.78 is 9.10. The Morgan fingerprint density at radius 1 is 0.364 bits per heavy atom. The number of aromatic nitrogens is 1. The summed E-state index contributed by atoms with van der Waals surface area (Å²) >= 11 is 0. The van der Waals surface area contributed by atoms with E-state index in [1.807, 2.05) is 0 Å². The van der Waals surface area contributed by atoms with Crippen LogP contribution in [-0.2, 0) is 0 Å². The highest BCUT2D eigenvalue weighted by Crippen LogP contribution is 2.47. The largest absolute Gasteiger partial charge is 0.456 e. The van der Waals surface area contributed by atoms with Crippen molar-refractivity contribution in [3.63, 3.8) is 0 Å². The third-order valence-corrected chi connectivity index (χ3v) is 10.9. The molecule has 0 spiro atoms. The van der Waals surface area contributed by atoms with Gasteiger partial charge in [0.2, 0.25) is 0 Å². The van der Waals surface area contributed by atoms with Crippen LogP contribution in [0.1, 0.15) is 0 Å². The topological polar surface area (TPSA) is 21.3 Å². The standard InChI is InChI=1S/C52H34N2O/c1-3-14-35(15-4-1)37-28-30-41(31-29-37)53(40-18-5-2-6-19-40)42-20-13-21-43(33-42)54-46-24-11-9-22-44(46)51-47(54)34-49-52(45-23-10-12-25-48(45)55-49)50(51)39-27-26-36-16-7-8-17-38(36)32-39/h1-34H. The van der Waals surface area contributed by atoms with Crippen LogP contribution >= 0.6 is 0 Å². The minimum absolute atomic E-state index is 0.876. The van der Waals surface area contributed by atoms with Crippen molar-refractivity contribution in [1.29, 1.82) is 0 Å². The summed E-state index contributed by atoms with van der Waals surface area (Å²) in [6.07, 6.45) is 0. The molecule has 11 rings (SSSR count). The molecule has 0 aliphatic carbocycles. The van der Waals surface area contributed by atoms with Gasteiger partial charge in [-0.3, -0.25) is 0 Å². The van der Waals surface area contributed by atoms with Crippen LogP contribution < -0.4 is 4.90 Å². The zero-order valence-corrected chi connectivity index (χ0v) is 29.9. The molecule has 0 saturated heterocycles. The summed E-state index contributed by atoms with van der Waals surface area (Å²) in [6, 6.07) is 73.8. The van der Waals surface area contributed by atoms with Crippen molar-refractivity contribution < 1.29 is 4.42 Å². The molecule has 0 unspecified atom stereocenters. The SMILES string of the molecule is c1ccc(-c2ccc(N(c3ccccc3)c3cccc(-n4c5ccccc5c5c(-c6ccc7ccccc7c6)c6c(cc54)oc4ccccc46)c3)cc2)cc1. The molecule has 0 aliphatic heterocycles. The summed E-state index contributed by atoms with van der Waals surface area (Å²) in [5.74, 6) is 0. The maximum Gasteiger partial charge on any atom is 0.138 e. The molecule has 0 radical (unpaired) electrons. The van der Waals surface area contributed by atoms with Crippen molar-refractivity contribution in [3.05, 3.63) is 206 Å². The third kappa shape index (κ3) is 5.13. The number of hydrogen-bond acceptors (Lipinski definition) is 2. The summed E-state index contributed by atoms with van der Waals surface area (Å²) in [7, 11) is 0. The average molecular weight is 703 g/mol. The van der Waals surface area contributed by atoms with E-state index < -0.39 is 0 Å². The highest BCUT2D eigenvalue weighted by atomic mass is 16.3. The molecule has 0 bridgehead atoms. The van der Waals surface area contributed by atoms with Gasteiger partial charge in [-0.15, -0.1) is 0 Å². The quantitative estimate of drug-likeness (QED) is 0.172. The second-order valence-corrected chi connectivity index (χ2v) is 14.1. The van der Waals surface area contributed by atoms with E-state index in [0.717, 1.165) is 55.7 Å². The lowest BCUT2D eigenvalue weighted by atomic mass is 9.93. The third-order valence-electron chi connectivity index (χ3n) is 10.9. The first kappa shape index (κ1) is 31.2. The predicted molar refractivity (Wildman–Crippen MR) is 231 cm³/mol. The van der Waals surface area contributed by atoms with E-state index in [9.17, 15) is 0 Å². The van der Waals surface area contributed by atoms with E-state index in [0.29, 0.717) is 0 Å². The van der Waals surface area contributed by atoms with Crippen LogP contribution in [0.15, 0.2) is 211 Å². The molecule has 0 saturated carbocycles. The van der Waals surface area contributed by atoms with E-state index in [1.165, 1.54) is 43.8 Å². The Hall–Kier alpha value is -7.36. The van der Waals surface area contributed by atoms with E-state index >= 15 is 0 Å². The van der Waals surface area contributed by atoms with Crippen molar-refractivity contribution in [3.8, 4) is 27.9 Å². The van der Waals surface area contributed by atoms with E-state index in [1.54, 1.807) is 0 Å². The first-order valence-corrected chi connectivity index (χ1v) is 18.8. The van der Waals surface area contributed by atoms with Crippen LogP contribution in [0.2, 0.25) is 0 Å². The summed E-state index contributed by atoms with van der Waals surface area (Å²) in [5.41, 5.74) is 13.1. The van der Waals surface area contributed by atoms with Gasteiger partial charge in [-0.25, -0.2) is 0 Å². The first-order valence-electron chi connectivity index (χ1n) is 18.8. The number of fused-ring (bicyclic) bond motifs is 7. The molecule has 0 amide bonds. The Balaban J connectivity index is 1.16. The van der Waals surface area contributed by atoms with Gasteiger partial charge in [0.15, 0.2) is 0 Å². The highest BCUT2D eigenvalue weighted by molar-refractivity contribution is 6.27. The highest BCUT2D eigenvalue weighted by Gasteiger charge is 2.23. The smallest absolute Gasteiger partial charge is 0.138 e. The zero-order chi connectivity index (χ0) is 36.3. The Bertz CT molecular complexity index is 3190. The summed E-state index contributed by atoms with van der Waals surface area (Å²) in [4.78, 5) is 2.34. The lowest BCUT2D eigenvalue weighted by molar-refractivity contribution is 0.669. The van der Waals surface area contributed by atoms with E-state index in [4.69, 9.17) is 4.42 Å². The van der Waals surface area contributed by atoms with E-state index in [-0.39, 0.29) is 0 Å². The van der Waals surface area contributed by atoms with Crippen LogP contribution in [0.25, 0.3) is 82.5 Å². The van der Waals surface area contributed by atoms with Gasteiger partial charge < -0.3 is 13.9 Å². The van der Waals surface area contributed by atoms with Gasteiger partial charge in [-0.2, -0.15) is 0 Å². The fourth-order valence-corrected chi connectivity index (χ4v) is 8.47. The molecule has 3 heteroatoms. The Morgan fingerprint density at radius 2 is 1.00 bits per heavy atom. The minimum atomic E-state index is 0.876. The van der Waals surface area contributed by atoms with Gasteiger partial charge in [0.25, 0.3) is 0 Å². The molecule has 0 fully saturated rings. The maximum absolute atomic E-state index is 6.69. The molecular formula is C52H34N2O. The molecule has 2 heterocycles. The number of hydrogen-bond donors (Lipinski definition) is 0. The fourth-order valence-electron chi connectivity index (χ4n) is 8.47. The van der Waals surface area contributed by atoms with Crippen LogP contribution in [0.4, 0.5) is 17.1 Å². The van der Waals surface area contributed by atoms with Gasteiger partial charge >= 0.3 is 0 Å². The molecule has 3 nitrogen and oxygen atoms in total. The second kappa shape index (κ2) is 12.6. The lowest BCUT2D eigenvalue weighted by Crippen LogP contribution is -2.10. The van der Waals surface area contributed by atoms with Crippen LogP contribution in [0.3, 0.4) is 0 Å². The average Bonchev–Trinajstić information content (AvgIpc) is 3.79. The van der Waals surface area contributed by atoms with Gasteiger partial charge in [0.05, 0.1) is 11.0 Å². The first-order chi connectivity index (χ1) is 27.3. The Morgan fingerprint density at radius 3 is 1.84 bits per heavy atom. The van der Waals surface area contributed by atoms with Crippen LogP contribution in [0.5, 0.6) is 0 Å². The molecule has 55 heavy (non-hydrogen) atoms. The molecule has 0 aliphatic rings. The number of furan rings is 1. The Labute approximate surface area is 318 Å². The monoisotopic (exact) mass is 702 g/mol. The lowest BCUT2D eigenvalue weighted by Gasteiger charge is -2.26. The Kier molecular flexibility index (Phi) is 7.17. The number of para-hydroxylation sites is 3. The van der Waals surface area contributed by atoms with E-state index in [2.05, 4.69) is 216 Å².